The molecule has 0 aliphatic rings. The summed E-state index contributed by atoms with van der Waals surface area (Å²) in [5.41, 5.74) is 1.64. The van der Waals surface area contributed by atoms with Gasteiger partial charge in [0, 0.05) is 0 Å². The van der Waals surface area contributed by atoms with Gasteiger partial charge < -0.3 is 0 Å². The molecule has 3 heteroatoms. The predicted octanol–water partition coefficient (Wildman–Crippen LogP) is 3.92. The Bertz CT molecular complexity index is 361. The van der Waals surface area contributed by atoms with Crippen LogP contribution in [0.1, 0.15) is 55.5 Å². The first kappa shape index (κ1) is 14.7. The van der Waals surface area contributed by atoms with Gasteiger partial charge in [-0.3, -0.25) is 4.89 Å². The molecule has 0 saturated carbocycles. The Morgan fingerprint density at radius 1 is 1.11 bits per heavy atom. The van der Waals surface area contributed by atoms with Gasteiger partial charge in [0.2, 0.25) is 0 Å². The first-order valence-electron chi connectivity index (χ1n) is 6.71. The number of rotatable bonds is 8. The lowest BCUT2D eigenvalue weighted by atomic mass is 10.0. The van der Waals surface area contributed by atoms with Crippen LogP contribution in [-0.2, 0) is 16.2 Å². The van der Waals surface area contributed by atoms with Crippen LogP contribution in [0.15, 0.2) is 24.3 Å². The van der Waals surface area contributed by atoms with Crippen molar-refractivity contribution in [1.29, 1.82) is 0 Å². The highest BCUT2D eigenvalue weighted by molar-refractivity contribution is 5.90. The van der Waals surface area contributed by atoms with Crippen molar-refractivity contribution >= 4 is 5.97 Å². The molecule has 100 valence electrons. The minimum Gasteiger partial charge on any atom is -0.293 e. The fourth-order valence-corrected chi connectivity index (χ4v) is 1.65. The van der Waals surface area contributed by atoms with Crippen LogP contribution in [0.2, 0.25) is 0 Å². The van der Waals surface area contributed by atoms with Gasteiger partial charge >= 0.3 is 5.97 Å². The topological polar surface area (TPSA) is 35.5 Å². The highest BCUT2D eigenvalue weighted by Gasteiger charge is 2.12. The third kappa shape index (κ3) is 4.88. The van der Waals surface area contributed by atoms with Crippen molar-refractivity contribution in [2.75, 3.05) is 6.61 Å². The molecule has 0 radical (unpaired) electrons. The Balaban J connectivity index is 2.55. The molecule has 0 aromatic heterocycles. The molecule has 3 nitrogen and oxygen atoms in total. The minimum absolute atomic E-state index is 0.391. The largest absolute Gasteiger partial charge is 0.373 e. The third-order valence-corrected chi connectivity index (χ3v) is 2.75. The summed E-state index contributed by atoms with van der Waals surface area (Å²) in [6, 6.07) is 7.55. The Kier molecular flexibility index (Phi) is 7.11. The lowest BCUT2D eigenvalue weighted by Gasteiger charge is -2.08. The summed E-state index contributed by atoms with van der Waals surface area (Å²) in [5.74, 6) is -0.391. The molecule has 0 unspecified atom stereocenters. The Morgan fingerprint density at radius 3 is 2.56 bits per heavy atom. The van der Waals surface area contributed by atoms with Crippen molar-refractivity contribution < 1.29 is 14.6 Å². The summed E-state index contributed by atoms with van der Waals surface area (Å²) in [5, 5.41) is 0. The fraction of sp³-hybridized carbons (Fsp3) is 0.533. The number of hydrogen-bond donors (Lipinski definition) is 0. The summed E-state index contributed by atoms with van der Waals surface area (Å²) in [6.45, 7) is 4.65. The molecule has 0 atom stereocenters. The van der Waals surface area contributed by atoms with E-state index < -0.39 is 5.97 Å². The average Bonchev–Trinajstić information content (AvgIpc) is 2.41. The molecule has 0 heterocycles. The van der Waals surface area contributed by atoms with Gasteiger partial charge in [-0.15, -0.1) is 0 Å². The van der Waals surface area contributed by atoms with Gasteiger partial charge in [-0.05, 0) is 30.9 Å². The van der Waals surface area contributed by atoms with E-state index in [-0.39, 0.29) is 0 Å². The standard InChI is InChI=1S/C15H22O3/c1-3-5-9-13-10-7-8-11-14(13)15(16)18-17-12-6-4-2/h7-8,10-11H,3-6,9,12H2,1-2H3. The SMILES string of the molecule is CCCCOOC(=O)c1ccccc1CCCC. The number of aryl methyl sites for hydroxylation is 1. The van der Waals surface area contributed by atoms with Crippen molar-refractivity contribution in [3.63, 3.8) is 0 Å². The maximum Gasteiger partial charge on any atom is 0.373 e. The molecule has 0 saturated heterocycles. The van der Waals surface area contributed by atoms with Crippen molar-refractivity contribution in [1.82, 2.24) is 0 Å². The van der Waals surface area contributed by atoms with Crippen LogP contribution in [0.25, 0.3) is 0 Å². The van der Waals surface area contributed by atoms with Crippen LogP contribution in [0.5, 0.6) is 0 Å². The summed E-state index contributed by atoms with van der Waals surface area (Å²) < 4.78 is 0. The zero-order valence-corrected chi connectivity index (χ0v) is 11.3. The number of carbonyl (C=O) groups excluding carboxylic acids is 1. The van der Waals surface area contributed by atoms with Crippen molar-refractivity contribution in [2.45, 2.75) is 46.0 Å². The van der Waals surface area contributed by atoms with E-state index in [2.05, 4.69) is 13.8 Å². The normalized spacial score (nSPS) is 10.3. The van der Waals surface area contributed by atoms with Gasteiger partial charge in [0.05, 0.1) is 12.2 Å². The molecule has 0 aliphatic carbocycles. The van der Waals surface area contributed by atoms with E-state index in [1.165, 1.54) is 0 Å². The first-order valence-corrected chi connectivity index (χ1v) is 6.71. The zero-order chi connectivity index (χ0) is 13.2. The van der Waals surface area contributed by atoms with Crippen molar-refractivity contribution in [3.8, 4) is 0 Å². The third-order valence-electron chi connectivity index (χ3n) is 2.75. The second kappa shape index (κ2) is 8.70. The maximum atomic E-state index is 11.8. The lowest BCUT2D eigenvalue weighted by molar-refractivity contribution is -0.241. The molecule has 0 aliphatic heterocycles. The van der Waals surface area contributed by atoms with E-state index in [1.54, 1.807) is 6.07 Å². The maximum absolute atomic E-state index is 11.8. The van der Waals surface area contributed by atoms with Crippen molar-refractivity contribution in [3.05, 3.63) is 35.4 Å². The second-order valence-electron chi connectivity index (χ2n) is 4.31. The summed E-state index contributed by atoms with van der Waals surface area (Å²) in [6.07, 6.45) is 4.99. The number of carbonyl (C=O) groups is 1. The summed E-state index contributed by atoms with van der Waals surface area (Å²) >= 11 is 0. The minimum atomic E-state index is -0.391. The molecule has 0 N–H and O–H groups in total. The zero-order valence-electron chi connectivity index (χ0n) is 11.3. The lowest BCUT2D eigenvalue weighted by Crippen LogP contribution is -2.09. The van der Waals surface area contributed by atoms with Crippen LogP contribution < -0.4 is 0 Å². The molecular weight excluding hydrogens is 228 g/mol. The van der Waals surface area contributed by atoms with E-state index in [0.717, 1.165) is 37.7 Å². The number of benzene rings is 1. The van der Waals surface area contributed by atoms with Gasteiger partial charge in [0.25, 0.3) is 0 Å². The van der Waals surface area contributed by atoms with Crippen molar-refractivity contribution in [2.24, 2.45) is 0 Å². The average molecular weight is 250 g/mol. The molecule has 0 amide bonds. The molecule has 0 bridgehead atoms. The van der Waals surface area contributed by atoms with E-state index >= 15 is 0 Å². The van der Waals surface area contributed by atoms with E-state index in [4.69, 9.17) is 9.78 Å². The van der Waals surface area contributed by atoms with Gasteiger partial charge in [0.15, 0.2) is 0 Å². The Hall–Kier alpha value is -1.35. The molecule has 0 fully saturated rings. The molecule has 1 rings (SSSR count). The highest BCUT2D eigenvalue weighted by Crippen LogP contribution is 2.13. The molecular formula is C15H22O3. The number of unbranched alkanes of at least 4 members (excludes halogenated alkanes) is 2. The molecule has 1 aromatic rings. The van der Waals surface area contributed by atoms with Gasteiger partial charge in [-0.2, -0.15) is 4.89 Å². The van der Waals surface area contributed by atoms with Crippen LogP contribution >= 0.6 is 0 Å². The fourth-order valence-electron chi connectivity index (χ4n) is 1.65. The molecule has 18 heavy (non-hydrogen) atoms. The summed E-state index contributed by atoms with van der Waals surface area (Å²) in [4.78, 5) is 21.6. The van der Waals surface area contributed by atoms with Crippen LogP contribution in [0, 0.1) is 0 Å². The second-order valence-corrected chi connectivity index (χ2v) is 4.31. The quantitative estimate of drug-likeness (QED) is 0.398. The Morgan fingerprint density at radius 2 is 1.83 bits per heavy atom. The van der Waals surface area contributed by atoms with E-state index in [9.17, 15) is 4.79 Å². The monoisotopic (exact) mass is 250 g/mol. The number of hydrogen-bond acceptors (Lipinski definition) is 3. The van der Waals surface area contributed by atoms with Crippen LogP contribution in [-0.4, -0.2) is 12.6 Å². The van der Waals surface area contributed by atoms with E-state index in [1.807, 2.05) is 18.2 Å². The molecule has 1 aromatic carbocycles. The predicted molar refractivity (Wildman–Crippen MR) is 71.3 cm³/mol. The van der Waals surface area contributed by atoms with E-state index in [0.29, 0.717) is 12.2 Å². The van der Waals surface area contributed by atoms with Crippen LogP contribution in [0.3, 0.4) is 0 Å². The van der Waals surface area contributed by atoms with Gasteiger partial charge in [-0.25, -0.2) is 4.79 Å². The van der Waals surface area contributed by atoms with Gasteiger partial charge in [-0.1, -0.05) is 44.9 Å². The van der Waals surface area contributed by atoms with Gasteiger partial charge in [0.1, 0.15) is 0 Å². The summed E-state index contributed by atoms with van der Waals surface area (Å²) in [7, 11) is 0. The smallest absolute Gasteiger partial charge is 0.293 e. The van der Waals surface area contributed by atoms with Crippen LogP contribution in [0.4, 0.5) is 0 Å². The molecule has 0 spiro atoms. The first-order chi connectivity index (χ1) is 8.79. The highest BCUT2D eigenvalue weighted by atomic mass is 17.2. The Labute approximate surface area is 109 Å².